The van der Waals surface area contributed by atoms with Crippen molar-refractivity contribution in [1.29, 1.82) is 0 Å². The molecular weight excluding hydrogens is 298 g/mol. The molecule has 21 heavy (non-hydrogen) atoms. The van der Waals surface area contributed by atoms with E-state index in [0.29, 0.717) is 5.75 Å². The second-order valence-electron chi connectivity index (χ2n) is 4.92. The fourth-order valence-electron chi connectivity index (χ4n) is 2.21. The van der Waals surface area contributed by atoms with Crippen LogP contribution in [0, 0.1) is 0 Å². The molecule has 0 aromatic heterocycles. The molecule has 0 radical (unpaired) electrons. The van der Waals surface area contributed by atoms with Crippen molar-refractivity contribution in [3.63, 3.8) is 0 Å². The van der Waals surface area contributed by atoms with Crippen molar-refractivity contribution in [3.05, 3.63) is 24.3 Å². The molecule has 0 saturated carbocycles. The highest BCUT2D eigenvalue weighted by Gasteiger charge is 2.42. The molecule has 1 aliphatic heterocycles. The first kappa shape index (κ1) is 15.7. The fourth-order valence-corrected chi connectivity index (χ4v) is 3.65. The number of rotatable bonds is 4. The summed E-state index contributed by atoms with van der Waals surface area (Å²) >= 11 is 0. The van der Waals surface area contributed by atoms with Crippen LogP contribution in [0.2, 0.25) is 0 Å². The van der Waals surface area contributed by atoms with Crippen molar-refractivity contribution in [3.8, 4) is 5.75 Å². The molecule has 2 N–H and O–H groups in total. The van der Waals surface area contributed by atoms with E-state index in [0.717, 1.165) is 0 Å². The average molecular weight is 315 g/mol. The van der Waals surface area contributed by atoms with Gasteiger partial charge in [-0.1, -0.05) is 0 Å². The zero-order chi connectivity index (χ0) is 15.7. The van der Waals surface area contributed by atoms with Crippen LogP contribution in [0.25, 0.3) is 0 Å². The Morgan fingerprint density at radius 3 is 2.19 bits per heavy atom. The van der Waals surface area contributed by atoms with E-state index in [1.54, 1.807) is 12.1 Å². The topological polar surface area (TPSA) is 104 Å². The van der Waals surface area contributed by atoms with E-state index < -0.39 is 21.6 Å². The monoisotopic (exact) mass is 315 g/mol. The molecule has 1 fully saturated rings. The number of carboxylic acid groups (broad SMARTS) is 1. The van der Waals surface area contributed by atoms with Crippen LogP contribution in [0.5, 0.6) is 5.75 Å². The Bertz CT molecular complexity index is 617. The van der Waals surface area contributed by atoms with Gasteiger partial charge in [-0.05, 0) is 24.3 Å². The lowest BCUT2D eigenvalue weighted by atomic mass is 9.93. The molecule has 1 heterocycles. The van der Waals surface area contributed by atoms with E-state index in [-0.39, 0.29) is 30.8 Å². The molecule has 1 aromatic carbocycles. The van der Waals surface area contributed by atoms with Crippen LogP contribution >= 0.6 is 0 Å². The SMILES string of the molecule is COc1ccc(S(=O)(=O)N2CCC(O)(C(=O)O)CC2)cc1. The number of aliphatic carboxylic acids is 1. The van der Waals surface area contributed by atoms with Crippen LogP contribution in [0.15, 0.2) is 29.2 Å². The van der Waals surface area contributed by atoms with E-state index in [4.69, 9.17) is 9.84 Å². The maximum atomic E-state index is 12.4. The summed E-state index contributed by atoms with van der Waals surface area (Å²) in [6.45, 7) is -0.0612. The number of ether oxygens (including phenoxy) is 1. The molecule has 0 bridgehead atoms. The number of carboxylic acids is 1. The van der Waals surface area contributed by atoms with Gasteiger partial charge in [-0.3, -0.25) is 0 Å². The normalized spacial score (nSPS) is 19.1. The summed E-state index contributed by atoms with van der Waals surface area (Å²) in [6, 6.07) is 5.97. The molecule has 8 heteroatoms. The fraction of sp³-hybridized carbons (Fsp3) is 0.462. The summed E-state index contributed by atoms with van der Waals surface area (Å²) in [5, 5.41) is 18.8. The maximum Gasteiger partial charge on any atom is 0.335 e. The first-order valence-corrected chi connectivity index (χ1v) is 7.83. The van der Waals surface area contributed by atoms with Gasteiger partial charge in [-0.2, -0.15) is 4.31 Å². The van der Waals surface area contributed by atoms with Crippen molar-refractivity contribution >= 4 is 16.0 Å². The van der Waals surface area contributed by atoms with Gasteiger partial charge in [0.05, 0.1) is 12.0 Å². The van der Waals surface area contributed by atoms with Gasteiger partial charge in [-0.25, -0.2) is 13.2 Å². The van der Waals surface area contributed by atoms with Crippen LogP contribution in [-0.2, 0) is 14.8 Å². The minimum atomic E-state index is -3.69. The van der Waals surface area contributed by atoms with Crippen molar-refractivity contribution in [2.75, 3.05) is 20.2 Å². The van der Waals surface area contributed by atoms with E-state index >= 15 is 0 Å². The third-order valence-electron chi connectivity index (χ3n) is 3.64. The Morgan fingerprint density at radius 1 is 1.24 bits per heavy atom. The van der Waals surface area contributed by atoms with E-state index in [2.05, 4.69) is 0 Å². The predicted molar refractivity (Wildman–Crippen MR) is 73.6 cm³/mol. The number of carbonyl (C=O) groups is 1. The van der Waals surface area contributed by atoms with Crippen LogP contribution in [0.1, 0.15) is 12.8 Å². The molecule has 0 amide bonds. The lowest BCUT2D eigenvalue weighted by Crippen LogP contribution is -2.50. The lowest BCUT2D eigenvalue weighted by molar-refractivity contribution is -0.162. The summed E-state index contributed by atoms with van der Waals surface area (Å²) in [5.74, 6) is -0.767. The zero-order valence-electron chi connectivity index (χ0n) is 11.5. The van der Waals surface area contributed by atoms with Gasteiger partial charge >= 0.3 is 5.97 Å². The lowest BCUT2D eigenvalue weighted by Gasteiger charge is -2.34. The van der Waals surface area contributed by atoms with Crippen LogP contribution in [-0.4, -0.2) is 54.7 Å². The summed E-state index contributed by atoms with van der Waals surface area (Å²) in [6.07, 6.45) is -0.255. The zero-order valence-corrected chi connectivity index (χ0v) is 12.3. The summed E-state index contributed by atoms with van der Waals surface area (Å²) in [4.78, 5) is 11.1. The highest BCUT2D eigenvalue weighted by Crippen LogP contribution is 2.27. The van der Waals surface area contributed by atoms with Gasteiger partial charge < -0.3 is 14.9 Å². The van der Waals surface area contributed by atoms with Crippen molar-refractivity contribution in [1.82, 2.24) is 4.31 Å². The van der Waals surface area contributed by atoms with Crippen LogP contribution < -0.4 is 4.74 Å². The third kappa shape index (κ3) is 3.02. The Balaban J connectivity index is 2.16. The molecule has 7 nitrogen and oxygen atoms in total. The summed E-state index contributed by atoms with van der Waals surface area (Å²) < 4.78 is 31.0. The molecule has 0 unspecified atom stereocenters. The second-order valence-corrected chi connectivity index (χ2v) is 6.85. The second kappa shape index (κ2) is 5.63. The van der Waals surface area contributed by atoms with Crippen LogP contribution in [0.4, 0.5) is 0 Å². The Labute approximate surface area is 122 Å². The number of sulfonamides is 1. The minimum Gasteiger partial charge on any atom is -0.497 e. The van der Waals surface area contributed by atoms with Crippen molar-refractivity contribution < 1.29 is 28.2 Å². The van der Waals surface area contributed by atoms with Gasteiger partial charge in [0.25, 0.3) is 0 Å². The molecule has 1 saturated heterocycles. The van der Waals surface area contributed by atoms with E-state index in [1.807, 2.05) is 0 Å². The third-order valence-corrected chi connectivity index (χ3v) is 5.56. The van der Waals surface area contributed by atoms with Gasteiger partial charge in [0.2, 0.25) is 10.0 Å². The standard InChI is InChI=1S/C13H17NO6S/c1-20-10-2-4-11(5-3-10)21(18,19)14-8-6-13(17,7-9-14)12(15)16/h2-5,17H,6-9H2,1H3,(H,15,16). The number of hydrogen-bond donors (Lipinski definition) is 2. The van der Waals surface area contributed by atoms with E-state index in [1.165, 1.54) is 23.5 Å². The minimum absolute atomic E-state index is 0.0306. The van der Waals surface area contributed by atoms with Crippen molar-refractivity contribution in [2.45, 2.75) is 23.3 Å². The number of methoxy groups -OCH3 is 1. The highest BCUT2D eigenvalue weighted by atomic mass is 32.2. The Morgan fingerprint density at radius 2 is 1.76 bits per heavy atom. The molecule has 0 spiro atoms. The number of aliphatic hydroxyl groups is 1. The molecule has 2 rings (SSSR count). The average Bonchev–Trinajstić information content (AvgIpc) is 2.47. The highest BCUT2D eigenvalue weighted by molar-refractivity contribution is 7.89. The van der Waals surface area contributed by atoms with Gasteiger partial charge in [0, 0.05) is 25.9 Å². The molecule has 0 aliphatic carbocycles. The van der Waals surface area contributed by atoms with Gasteiger partial charge in [-0.15, -0.1) is 0 Å². The number of piperidine rings is 1. The molecular formula is C13H17NO6S. The number of hydrogen-bond acceptors (Lipinski definition) is 5. The Hall–Kier alpha value is -1.64. The summed E-state index contributed by atoms with van der Waals surface area (Å²) in [7, 11) is -2.20. The molecule has 116 valence electrons. The first-order chi connectivity index (χ1) is 9.79. The Kier molecular flexibility index (Phi) is 4.22. The van der Waals surface area contributed by atoms with Crippen molar-refractivity contribution in [2.24, 2.45) is 0 Å². The molecule has 0 atom stereocenters. The number of benzene rings is 1. The quantitative estimate of drug-likeness (QED) is 0.828. The van der Waals surface area contributed by atoms with Crippen LogP contribution in [0.3, 0.4) is 0 Å². The van der Waals surface area contributed by atoms with Gasteiger partial charge in [0.1, 0.15) is 5.75 Å². The first-order valence-electron chi connectivity index (χ1n) is 6.39. The summed E-state index contributed by atoms with van der Waals surface area (Å²) in [5.41, 5.74) is -1.84. The predicted octanol–water partition coefficient (Wildman–Crippen LogP) is 0.295. The maximum absolute atomic E-state index is 12.4. The number of nitrogens with zero attached hydrogens (tertiary/aromatic N) is 1. The van der Waals surface area contributed by atoms with Gasteiger partial charge in [0.15, 0.2) is 5.60 Å². The molecule has 1 aromatic rings. The molecule has 1 aliphatic rings. The smallest absolute Gasteiger partial charge is 0.335 e. The van der Waals surface area contributed by atoms with E-state index in [9.17, 15) is 18.3 Å². The largest absolute Gasteiger partial charge is 0.497 e.